The molecule has 2 heterocycles. The molecule has 1 atom stereocenters. The molecular weight excluding hydrogens is 686 g/mol. The van der Waals surface area contributed by atoms with Gasteiger partial charge in [-0.2, -0.15) is 0 Å². The molecule has 47 heavy (non-hydrogen) atoms. The average Bonchev–Trinajstić information content (AvgIpc) is 3.43. The zero-order chi connectivity index (χ0) is 34.7. The number of aromatic nitrogens is 4. The van der Waals surface area contributed by atoms with Crippen LogP contribution in [0.4, 0.5) is 5.95 Å². The van der Waals surface area contributed by atoms with Gasteiger partial charge in [-0.15, -0.1) is 10.2 Å². The van der Waals surface area contributed by atoms with E-state index in [0.29, 0.717) is 34.8 Å². The van der Waals surface area contributed by atoms with Crippen LogP contribution in [-0.4, -0.2) is 89.6 Å². The number of aliphatic hydroxyl groups is 1. The van der Waals surface area contributed by atoms with Gasteiger partial charge in [0, 0.05) is 37.5 Å². The predicted octanol–water partition coefficient (Wildman–Crippen LogP) is 4.62. The number of aliphatic hydroxyl groups excluding tert-OH is 1. The molecular formula is C30H38ClN5O8S2Si. The number of nitrogens with zero attached hydrogens (tertiary/aromatic N) is 5. The summed E-state index contributed by atoms with van der Waals surface area (Å²) in [6.45, 7) is 6.28. The van der Waals surface area contributed by atoms with Gasteiger partial charge in [-0.25, -0.2) is 26.1 Å². The summed E-state index contributed by atoms with van der Waals surface area (Å²) < 4.78 is 73.3. The van der Waals surface area contributed by atoms with Crippen LogP contribution in [0.3, 0.4) is 0 Å². The van der Waals surface area contributed by atoms with Crippen molar-refractivity contribution in [1.82, 2.24) is 19.7 Å². The molecule has 0 saturated heterocycles. The van der Waals surface area contributed by atoms with E-state index in [2.05, 4.69) is 34.8 Å². The molecule has 0 spiro atoms. The molecule has 2 aromatic heterocycles. The molecule has 2 aromatic carbocycles. The highest BCUT2D eigenvalue weighted by atomic mass is 35.5. The molecule has 0 bridgehead atoms. The summed E-state index contributed by atoms with van der Waals surface area (Å²) in [5.41, 5.74) is 0.528. The molecule has 0 aliphatic carbocycles. The Morgan fingerprint density at radius 2 is 1.57 bits per heavy atom. The third kappa shape index (κ3) is 8.24. The number of methoxy groups -OCH3 is 3. The van der Waals surface area contributed by atoms with Crippen LogP contribution in [0.2, 0.25) is 30.7 Å². The summed E-state index contributed by atoms with van der Waals surface area (Å²) in [5.74, 6) is 0.129. The van der Waals surface area contributed by atoms with E-state index in [-0.39, 0.29) is 33.8 Å². The first-order valence-corrected chi connectivity index (χ1v) is 22.0. The molecule has 4 rings (SSSR count). The number of sulfonamides is 1. The van der Waals surface area contributed by atoms with E-state index in [1.807, 2.05) is 0 Å². The monoisotopic (exact) mass is 723 g/mol. The van der Waals surface area contributed by atoms with E-state index in [1.54, 1.807) is 36.4 Å². The second-order valence-corrected chi connectivity index (χ2v) is 21.8. The van der Waals surface area contributed by atoms with Gasteiger partial charge in [-0.05, 0) is 36.4 Å². The van der Waals surface area contributed by atoms with E-state index in [0.717, 1.165) is 10.6 Å². The zero-order valence-corrected chi connectivity index (χ0v) is 30.5. The Kier molecular flexibility index (Phi) is 10.9. The number of benzene rings is 2. The predicted molar refractivity (Wildman–Crippen MR) is 183 cm³/mol. The lowest BCUT2D eigenvalue weighted by molar-refractivity contribution is 0.198. The lowest BCUT2D eigenvalue weighted by atomic mass is 10.1. The Balaban J connectivity index is 1.98. The molecule has 0 unspecified atom stereocenters. The van der Waals surface area contributed by atoms with Crippen molar-refractivity contribution in [1.29, 1.82) is 0 Å². The van der Waals surface area contributed by atoms with Crippen molar-refractivity contribution >= 4 is 45.5 Å². The van der Waals surface area contributed by atoms with Crippen molar-refractivity contribution in [3.8, 4) is 34.6 Å². The maximum atomic E-state index is 14.4. The smallest absolute Gasteiger partial charge is 0.246 e. The molecule has 13 nitrogen and oxygen atoms in total. The van der Waals surface area contributed by atoms with Crippen molar-refractivity contribution in [2.45, 2.75) is 36.7 Å². The second-order valence-electron chi connectivity index (χ2n) is 11.9. The molecule has 4 aromatic rings. The van der Waals surface area contributed by atoms with Gasteiger partial charge in [0.25, 0.3) is 0 Å². The minimum absolute atomic E-state index is 0.00847. The Hall–Kier alpha value is -3.70. The summed E-state index contributed by atoms with van der Waals surface area (Å²) >= 11 is 6.05. The van der Waals surface area contributed by atoms with Gasteiger partial charge < -0.3 is 19.3 Å². The molecule has 0 saturated carbocycles. The third-order valence-electron chi connectivity index (χ3n) is 7.16. The molecule has 0 fully saturated rings. The number of ether oxygens (including phenoxy) is 3. The summed E-state index contributed by atoms with van der Waals surface area (Å²) in [7, 11) is -5.78. The van der Waals surface area contributed by atoms with Crippen LogP contribution in [0.1, 0.15) is 11.7 Å². The van der Waals surface area contributed by atoms with Gasteiger partial charge in [-0.1, -0.05) is 49.4 Å². The average molecular weight is 724 g/mol. The van der Waals surface area contributed by atoms with Crippen LogP contribution < -0.4 is 18.5 Å². The van der Waals surface area contributed by atoms with Crippen molar-refractivity contribution in [3.63, 3.8) is 0 Å². The molecule has 0 amide bonds. The quantitative estimate of drug-likeness (QED) is 0.181. The van der Waals surface area contributed by atoms with Crippen molar-refractivity contribution < 1.29 is 36.2 Å². The summed E-state index contributed by atoms with van der Waals surface area (Å²) in [4.78, 5) is 4.24. The van der Waals surface area contributed by atoms with Crippen molar-refractivity contribution in [3.05, 3.63) is 65.2 Å². The van der Waals surface area contributed by atoms with Crippen LogP contribution in [0.25, 0.3) is 17.2 Å². The highest BCUT2D eigenvalue weighted by Crippen LogP contribution is 2.39. The van der Waals surface area contributed by atoms with Crippen LogP contribution in [0.5, 0.6) is 17.4 Å². The third-order valence-corrected chi connectivity index (χ3v) is 12.0. The number of pyridine rings is 1. The van der Waals surface area contributed by atoms with Crippen molar-refractivity contribution in [2.24, 2.45) is 0 Å². The molecule has 0 aliphatic heterocycles. The summed E-state index contributed by atoms with van der Waals surface area (Å²) in [6, 6.07) is 14.5. The van der Waals surface area contributed by atoms with E-state index in [4.69, 9.17) is 25.8 Å². The first kappa shape index (κ1) is 36.1. The zero-order valence-electron chi connectivity index (χ0n) is 27.1. The van der Waals surface area contributed by atoms with Gasteiger partial charge in [0.2, 0.25) is 21.9 Å². The first-order chi connectivity index (χ1) is 22.0. The number of hydrogen-bond acceptors (Lipinski definition) is 11. The Morgan fingerprint density at radius 3 is 2.15 bits per heavy atom. The fraction of sp³-hybridized carbons (Fsp3) is 0.367. The van der Waals surface area contributed by atoms with E-state index < -0.39 is 39.8 Å². The first-order valence-electron chi connectivity index (χ1n) is 14.4. The number of hydrogen-bond donors (Lipinski definition) is 1. The van der Waals surface area contributed by atoms with Crippen LogP contribution >= 0.6 is 11.6 Å². The van der Waals surface area contributed by atoms with E-state index in [9.17, 15) is 21.9 Å². The number of rotatable bonds is 14. The second kappa shape index (κ2) is 14.2. The maximum absolute atomic E-state index is 14.4. The maximum Gasteiger partial charge on any atom is 0.246 e. The molecule has 254 valence electrons. The van der Waals surface area contributed by atoms with Crippen LogP contribution in [0.15, 0.2) is 59.5 Å². The topological polar surface area (TPSA) is 163 Å². The normalized spacial score (nSPS) is 12.9. The molecule has 0 radical (unpaired) electrons. The lowest BCUT2D eigenvalue weighted by Crippen LogP contribution is -2.40. The minimum atomic E-state index is -4.44. The van der Waals surface area contributed by atoms with E-state index in [1.165, 1.54) is 44.1 Å². The molecule has 1 N–H and O–H groups in total. The Bertz CT molecular complexity index is 1940. The SMILES string of the molecule is COc1cccc(-c2nnc(N(CC[Si](C)(C)C)S(=O)(=O)C[C@@H](O)c3ccc(Cl)cc3S(C)(=O)=O)n2-c2c(OC)cccc2OC)n1. The fourth-order valence-electron chi connectivity index (χ4n) is 4.80. The Morgan fingerprint density at radius 1 is 0.936 bits per heavy atom. The van der Waals surface area contributed by atoms with Crippen LogP contribution in [0, 0.1) is 0 Å². The van der Waals surface area contributed by atoms with Crippen LogP contribution in [-0.2, 0) is 19.9 Å². The van der Waals surface area contributed by atoms with Gasteiger partial charge in [-0.3, -0.25) is 4.57 Å². The largest absolute Gasteiger partial charge is 0.494 e. The van der Waals surface area contributed by atoms with Crippen molar-refractivity contribution in [2.75, 3.05) is 44.2 Å². The van der Waals surface area contributed by atoms with Gasteiger partial charge in [0.15, 0.2) is 15.7 Å². The highest BCUT2D eigenvalue weighted by molar-refractivity contribution is 7.92. The van der Waals surface area contributed by atoms with Gasteiger partial charge >= 0.3 is 0 Å². The summed E-state index contributed by atoms with van der Waals surface area (Å²) in [6.07, 6.45) is -0.769. The number of sulfone groups is 1. The summed E-state index contributed by atoms with van der Waals surface area (Å²) in [5, 5.41) is 20.2. The molecule has 17 heteroatoms. The number of halogens is 1. The number of anilines is 1. The standard InChI is InChI=1S/C30H38ClN5O8S2Si/c1-42-24-11-9-12-25(43-2)28(24)36-29(22-10-8-13-27(32-22)44-3)33-34-30(36)35(16-17-47(5,6)7)46(40,41)19-23(37)21-15-14-20(31)18-26(21)45(4,38)39/h8-15,18,23,37H,16-17,19H2,1-7H3/t23-/m1/s1. The highest BCUT2D eigenvalue weighted by Gasteiger charge is 2.35. The Labute approximate surface area is 281 Å². The minimum Gasteiger partial charge on any atom is -0.494 e. The lowest BCUT2D eigenvalue weighted by Gasteiger charge is -2.28. The van der Waals surface area contributed by atoms with E-state index >= 15 is 0 Å². The van der Waals surface area contributed by atoms with Gasteiger partial charge in [0.05, 0.1) is 38.1 Å². The fourth-order valence-corrected chi connectivity index (χ4v) is 8.56. The van der Waals surface area contributed by atoms with Gasteiger partial charge in [0.1, 0.15) is 22.9 Å². The number of para-hydroxylation sites is 1. The molecule has 0 aliphatic rings.